The Kier molecular flexibility index (Phi) is 11.4. The third-order valence-corrected chi connectivity index (χ3v) is 8.08. The Morgan fingerprint density at radius 1 is 0.949 bits per heavy atom. The fraction of sp³-hybridized carbons (Fsp3) is 0.310. The van der Waals surface area contributed by atoms with Gasteiger partial charge in [0.15, 0.2) is 0 Å². The van der Waals surface area contributed by atoms with Gasteiger partial charge in [-0.25, -0.2) is 8.42 Å². The van der Waals surface area contributed by atoms with Crippen molar-refractivity contribution in [1.82, 2.24) is 10.2 Å². The van der Waals surface area contributed by atoms with E-state index in [1.807, 2.05) is 37.3 Å². The van der Waals surface area contributed by atoms with Crippen molar-refractivity contribution in [1.29, 1.82) is 0 Å². The van der Waals surface area contributed by atoms with Gasteiger partial charge in [-0.15, -0.1) is 0 Å². The number of anilines is 1. The summed E-state index contributed by atoms with van der Waals surface area (Å²) in [7, 11) is -3.81. The van der Waals surface area contributed by atoms with Crippen LogP contribution in [0.5, 0.6) is 0 Å². The molecule has 7 nitrogen and oxygen atoms in total. The van der Waals surface area contributed by atoms with Crippen molar-refractivity contribution in [2.24, 2.45) is 0 Å². The number of hydrogen-bond donors (Lipinski definition) is 1. The van der Waals surface area contributed by atoms with Crippen LogP contribution in [0, 0.1) is 0 Å². The molecule has 10 heteroatoms. The monoisotopic (exact) mass is 633 g/mol. The normalized spacial score (nSPS) is 12.0. The highest BCUT2D eigenvalue weighted by Crippen LogP contribution is 2.23. The van der Waals surface area contributed by atoms with Gasteiger partial charge in [0.25, 0.3) is 0 Å². The van der Waals surface area contributed by atoms with Gasteiger partial charge < -0.3 is 10.2 Å². The molecule has 39 heavy (non-hydrogen) atoms. The Hall–Kier alpha value is -2.88. The fourth-order valence-corrected chi connectivity index (χ4v) is 5.31. The van der Waals surface area contributed by atoms with Gasteiger partial charge in [-0.3, -0.25) is 13.9 Å². The van der Waals surface area contributed by atoms with Crippen LogP contribution in [-0.2, 0) is 32.6 Å². The summed E-state index contributed by atoms with van der Waals surface area (Å²) < 4.78 is 27.4. The highest BCUT2D eigenvalue weighted by atomic mass is 79.9. The average molecular weight is 635 g/mol. The number of amides is 2. The summed E-state index contributed by atoms with van der Waals surface area (Å²) in [5, 5.41) is 3.51. The van der Waals surface area contributed by atoms with Gasteiger partial charge in [-0.2, -0.15) is 0 Å². The minimum atomic E-state index is -3.81. The number of unbranched alkanes of at least 4 members (excludes halogenated alkanes) is 1. The lowest BCUT2D eigenvalue weighted by Crippen LogP contribution is -2.53. The van der Waals surface area contributed by atoms with Crippen LogP contribution in [0.1, 0.15) is 30.9 Å². The van der Waals surface area contributed by atoms with E-state index >= 15 is 0 Å². The van der Waals surface area contributed by atoms with Gasteiger partial charge >= 0.3 is 0 Å². The number of rotatable bonds is 13. The summed E-state index contributed by atoms with van der Waals surface area (Å²) in [5.41, 5.74) is 2.00. The number of nitrogens with zero attached hydrogens (tertiary/aromatic N) is 2. The smallest absolute Gasteiger partial charge is 0.244 e. The lowest BCUT2D eigenvalue weighted by molar-refractivity contribution is -0.140. The molecule has 208 valence electrons. The summed E-state index contributed by atoms with van der Waals surface area (Å²) in [4.78, 5) is 29.0. The van der Waals surface area contributed by atoms with Crippen molar-refractivity contribution in [3.8, 4) is 0 Å². The molecule has 2 amide bonds. The minimum Gasteiger partial charge on any atom is -0.354 e. The lowest BCUT2D eigenvalue weighted by atomic mass is 10.0. The molecule has 0 saturated carbocycles. The molecule has 0 radical (unpaired) electrons. The van der Waals surface area contributed by atoms with E-state index in [0.29, 0.717) is 17.3 Å². The molecular weight excluding hydrogens is 602 g/mol. The molecule has 0 unspecified atom stereocenters. The zero-order valence-electron chi connectivity index (χ0n) is 22.0. The van der Waals surface area contributed by atoms with Gasteiger partial charge in [0.1, 0.15) is 12.6 Å². The van der Waals surface area contributed by atoms with Crippen molar-refractivity contribution in [2.45, 2.75) is 38.8 Å². The van der Waals surface area contributed by atoms with Crippen LogP contribution < -0.4 is 9.62 Å². The maximum Gasteiger partial charge on any atom is 0.244 e. The zero-order chi connectivity index (χ0) is 28.4. The van der Waals surface area contributed by atoms with E-state index in [4.69, 9.17) is 11.6 Å². The number of benzene rings is 3. The number of hydrogen-bond acceptors (Lipinski definition) is 4. The highest BCUT2D eigenvalue weighted by molar-refractivity contribution is 9.10. The first kappa shape index (κ1) is 30.7. The van der Waals surface area contributed by atoms with Crippen molar-refractivity contribution in [2.75, 3.05) is 23.7 Å². The van der Waals surface area contributed by atoms with Crippen LogP contribution in [0.2, 0.25) is 5.02 Å². The molecule has 0 bridgehead atoms. The lowest BCUT2D eigenvalue weighted by Gasteiger charge is -2.33. The van der Waals surface area contributed by atoms with Crippen molar-refractivity contribution in [3.63, 3.8) is 0 Å². The Balaban J connectivity index is 2.01. The van der Waals surface area contributed by atoms with Crippen molar-refractivity contribution >= 4 is 55.1 Å². The Morgan fingerprint density at radius 3 is 2.18 bits per heavy atom. The number of halogens is 2. The van der Waals surface area contributed by atoms with E-state index in [1.165, 1.54) is 4.90 Å². The second-order valence-electron chi connectivity index (χ2n) is 9.24. The van der Waals surface area contributed by atoms with Gasteiger partial charge in [0.05, 0.1) is 11.9 Å². The van der Waals surface area contributed by atoms with Crippen LogP contribution >= 0.6 is 27.5 Å². The molecule has 3 aromatic rings. The van der Waals surface area contributed by atoms with Gasteiger partial charge in [0, 0.05) is 29.0 Å². The number of carbonyl (C=O) groups is 2. The van der Waals surface area contributed by atoms with E-state index in [2.05, 4.69) is 21.2 Å². The quantitative estimate of drug-likeness (QED) is 0.254. The molecule has 1 atom stereocenters. The first-order valence-corrected chi connectivity index (χ1v) is 15.7. The minimum absolute atomic E-state index is 0.104. The third-order valence-electron chi connectivity index (χ3n) is 6.16. The Bertz CT molecular complexity index is 1340. The zero-order valence-corrected chi connectivity index (χ0v) is 25.2. The predicted octanol–water partition coefficient (Wildman–Crippen LogP) is 5.42. The topological polar surface area (TPSA) is 86.8 Å². The molecule has 3 aromatic carbocycles. The molecule has 0 saturated heterocycles. The van der Waals surface area contributed by atoms with Crippen molar-refractivity contribution < 1.29 is 18.0 Å². The van der Waals surface area contributed by atoms with Crippen molar-refractivity contribution in [3.05, 3.63) is 99.5 Å². The fourth-order valence-electron chi connectivity index (χ4n) is 4.07. The van der Waals surface area contributed by atoms with E-state index < -0.39 is 28.5 Å². The summed E-state index contributed by atoms with van der Waals surface area (Å²) in [6.07, 6.45) is 3.05. The van der Waals surface area contributed by atoms with E-state index in [-0.39, 0.29) is 18.9 Å². The molecule has 1 N–H and O–H groups in total. The molecule has 0 fully saturated rings. The molecule has 0 aliphatic rings. The van der Waals surface area contributed by atoms with Crippen LogP contribution in [-0.4, -0.2) is 50.5 Å². The summed E-state index contributed by atoms with van der Waals surface area (Å²) in [6.45, 7) is 2.16. The third kappa shape index (κ3) is 9.37. The summed E-state index contributed by atoms with van der Waals surface area (Å²) in [6, 6.07) is 22.3. The van der Waals surface area contributed by atoms with Crippen LogP contribution in [0.15, 0.2) is 83.3 Å². The predicted molar refractivity (Wildman–Crippen MR) is 160 cm³/mol. The average Bonchev–Trinajstić information content (AvgIpc) is 2.91. The molecular formula is C29H33BrClN3O4S. The Labute approximate surface area is 244 Å². The maximum atomic E-state index is 14.0. The summed E-state index contributed by atoms with van der Waals surface area (Å²) >= 11 is 9.44. The number of nitrogens with one attached hydrogen (secondary N) is 1. The second kappa shape index (κ2) is 14.5. The molecule has 0 heterocycles. The number of sulfonamides is 1. The van der Waals surface area contributed by atoms with Gasteiger partial charge in [-0.1, -0.05) is 83.3 Å². The van der Waals surface area contributed by atoms with E-state index in [0.717, 1.165) is 39.0 Å². The Morgan fingerprint density at radius 2 is 1.59 bits per heavy atom. The van der Waals surface area contributed by atoms with Gasteiger partial charge in [-0.05, 0) is 53.9 Å². The molecule has 0 aliphatic carbocycles. The first-order chi connectivity index (χ1) is 18.6. The second-order valence-corrected chi connectivity index (χ2v) is 12.5. The largest absolute Gasteiger partial charge is 0.354 e. The molecule has 3 rings (SSSR count). The molecule has 0 aliphatic heterocycles. The maximum absolute atomic E-state index is 14.0. The van der Waals surface area contributed by atoms with Crippen LogP contribution in [0.4, 0.5) is 5.69 Å². The number of carbonyl (C=O) groups excluding carboxylic acids is 2. The van der Waals surface area contributed by atoms with Crippen LogP contribution in [0.25, 0.3) is 0 Å². The van der Waals surface area contributed by atoms with Crippen LogP contribution in [0.3, 0.4) is 0 Å². The standard InChI is InChI=1S/C29H33BrClN3O4S/c1-3-4-18-32-29(36)27(19-22-8-6-5-7-9-22)33(20-23-10-14-25(31)15-11-23)28(35)21-34(39(2,37)38)26-16-12-24(30)13-17-26/h5-17,27H,3-4,18-21H2,1-2H3,(H,32,36)/t27-/m0/s1. The van der Waals surface area contributed by atoms with E-state index in [1.54, 1.807) is 48.5 Å². The molecule has 0 spiro atoms. The SMILES string of the molecule is CCCCNC(=O)[C@H](Cc1ccccc1)N(Cc1ccc(Cl)cc1)C(=O)CN(c1ccc(Br)cc1)S(C)(=O)=O. The highest BCUT2D eigenvalue weighted by Gasteiger charge is 2.32. The van der Waals surface area contributed by atoms with Gasteiger partial charge in [0.2, 0.25) is 21.8 Å². The first-order valence-electron chi connectivity index (χ1n) is 12.7. The van der Waals surface area contributed by atoms with E-state index in [9.17, 15) is 18.0 Å². The summed E-state index contributed by atoms with van der Waals surface area (Å²) in [5.74, 6) is -0.783. The molecule has 0 aromatic heterocycles.